The highest BCUT2D eigenvalue weighted by Gasteiger charge is 2.22. The molecule has 3 aromatic rings. The molecular formula is C20H19ClN2O4. The van der Waals surface area contributed by atoms with Crippen LogP contribution in [0, 0.1) is 6.92 Å². The van der Waals surface area contributed by atoms with Crippen LogP contribution < -0.4 is 10.1 Å². The van der Waals surface area contributed by atoms with E-state index in [4.69, 9.17) is 21.1 Å². The third kappa shape index (κ3) is 3.90. The number of aromatic amines is 1. The van der Waals surface area contributed by atoms with Gasteiger partial charge in [-0.3, -0.25) is 4.79 Å². The van der Waals surface area contributed by atoms with Crippen LogP contribution in [0.1, 0.15) is 22.8 Å². The molecule has 0 spiro atoms. The first-order valence-corrected chi connectivity index (χ1v) is 8.70. The van der Waals surface area contributed by atoms with E-state index >= 15 is 0 Å². The number of amides is 1. The van der Waals surface area contributed by atoms with Crippen molar-refractivity contribution in [1.82, 2.24) is 4.98 Å². The fraction of sp³-hybridized carbons (Fsp3) is 0.200. The third-order valence-electron chi connectivity index (χ3n) is 4.20. The van der Waals surface area contributed by atoms with Gasteiger partial charge in [-0.05, 0) is 31.5 Å². The van der Waals surface area contributed by atoms with Gasteiger partial charge in [0.1, 0.15) is 5.75 Å². The van der Waals surface area contributed by atoms with Gasteiger partial charge in [-0.1, -0.05) is 29.8 Å². The molecule has 0 unspecified atom stereocenters. The monoisotopic (exact) mass is 386 g/mol. The summed E-state index contributed by atoms with van der Waals surface area (Å²) < 4.78 is 10.6. The van der Waals surface area contributed by atoms with E-state index in [0.717, 1.165) is 16.5 Å². The van der Waals surface area contributed by atoms with Crippen molar-refractivity contribution in [2.24, 2.45) is 0 Å². The number of para-hydroxylation sites is 1. The van der Waals surface area contributed by atoms with Crippen LogP contribution >= 0.6 is 11.6 Å². The van der Waals surface area contributed by atoms with Crippen molar-refractivity contribution in [1.29, 1.82) is 0 Å². The largest absolute Gasteiger partial charge is 0.495 e. The number of aryl methyl sites for hydroxylation is 1. The highest BCUT2D eigenvalue weighted by molar-refractivity contribution is 6.31. The van der Waals surface area contributed by atoms with Crippen LogP contribution in [0.2, 0.25) is 5.02 Å². The molecule has 0 aliphatic heterocycles. The van der Waals surface area contributed by atoms with Gasteiger partial charge < -0.3 is 19.8 Å². The first-order chi connectivity index (χ1) is 12.9. The molecule has 7 heteroatoms. The summed E-state index contributed by atoms with van der Waals surface area (Å²) in [7, 11) is 1.48. The number of hydrogen-bond donors (Lipinski definition) is 2. The maximum absolute atomic E-state index is 12.5. The normalized spacial score (nSPS) is 11.9. The number of esters is 1. The number of fused-ring (bicyclic) bond motifs is 1. The predicted octanol–water partition coefficient (Wildman–Crippen LogP) is 4.32. The average Bonchev–Trinajstić information content (AvgIpc) is 3.08. The molecule has 6 nitrogen and oxygen atoms in total. The molecule has 1 aromatic heterocycles. The Morgan fingerprint density at radius 1 is 1.22 bits per heavy atom. The molecule has 0 bridgehead atoms. The van der Waals surface area contributed by atoms with E-state index in [9.17, 15) is 9.59 Å². The number of carbonyl (C=O) groups is 2. The van der Waals surface area contributed by atoms with Crippen LogP contribution in [0.4, 0.5) is 5.69 Å². The van der Waals surface area contributed by atoms with Crippen molar-refractivity contribution in [3.05, 3.63) is 58.7 Å². The lowest BCUT2D eigenvalue weighted by Gasteiger charge is -2.16. The molecule has 3 rings (SSSR count). The summed E-state index contributed by atoms with van der Waals surface area (Å²) in [5.74, 6) is -0.619. The first-order valence-electron chi connectivity index (χ1n) is 8.32. The Kier molecular flexibility index (Phi) is 5.37. The van der Waals surface area contributed by atoms with E-state index < -0.39 is 18.0 Å². The van der Waals surface area contributed by atoms with Crippen LogP contribution in [-0.4, -0.2) is 30.1 Å². The standard InChI is InChI=1S/C20H19ClN2O4/c1-11-8-17(18(26-3)9-15(11)21)23-19(24)12(2)27-20(25)14-10-22-16-7-5-4-6-13(14)16/h4-10,12,22H,1-3H3,(H,23,24)/t12-/m1/s1. The van der Waals surface area contributed by atoms with E-state index in [0.29, 0.717) is 22.0 Å². The molecule has 1 amide bonds. The summed E-state index contributed by atoms with van der Waals surface area (Å²) in [5.41, 5.74) is 2.45. The van der Waals surface area contributed by atoms with Crippen molar-refractivity contribution in [3.63, 3.8) is 0 Å². The number of carbonyl (C=O) groups excluding carboxylic acids is 2. The molecule has 0 aliphatic rings. The van der Waals surface area contributed by atoms with Gasteiger partial charge in [0, 0.05) is 28.2 Å². The molecule has 1 atom stereocenters. The number of H-pyrrole nitrogens is 1. The Balaban J connectivity index is 1.73. The number of rotatable bonds is 5. The molecular weight excluding hydrogens is 368 g/mol. The highest BCUT2D eigenvalue weighted by Crippen LogP contribution is 2.31. The molecule has 27 heavy (non-hydrogen) atoms. The summed E-state index contributed by atoms with van der Waals surface area (Å²) in [6.45, 7) is 3.33. The van der Waals surface area contributed by atoms with Crippen molar-refractivity contribution in [2.45, 2.75) is 20.0 Å². The summed E-state index contributed by atoms with van der Waals surface area (Å²) in [4.78, 5) is 27.9. The molecule has 0 radical (unpaired) electrons. The van der Waals surface area contributed by atoms with Crippen LogP contribution in [0.3, 0.4) is 0 Å². The predicted molar refractivity (Wildman–Crippen MR) is 105 cm³/mol. The molecule has 140 valence electrons. The SMILES string of the molecule is COc1cc(Cl)c(C)cc1NC(=O)[C@@H](C)OC(=O)c1c[nH]c2ccccc12. The number of hydrogen-bond acceptors (Lipinski definition) is 4. The van der Waals surface area contributed by atoms with Crippen LogP contribution in [0.5, 0.6) is 5.75 Å². The number of nitrogens with one attached hydrogen (secondary N) is 2. The minimum absolute atomic E-state index is 0.380. The smallest absolute Gasteiger partial charge is 0.341 e. The lowest BCUT2D eigenvalue weighted by molar-refractivity contribution is -0.123. The minimum atomic E-state index is -0.994. The van der Waals surface area contributed by atoms with Crippen molar-refractivity contribution < 1.29 is 19.1 Å². The van der Waals surface area contributed by atoms with E-state index in [1.54, 1.807) is 18.3 Å². The Morgan fingerprint density at radius 2 is 1.96 bits per heavy atom. The van der Waals surface area contributed by atoms with Gasteiger partial charge in [-0.2, -0.15) is 0 Å². The lowest BCUT2D eigenvalue weighted by atomic mass is 10.2. The molecule has 0 saturated heterocycles. The second kappa shape index (κ2) is 7.72. The average molecular weight is 387 g/mol. The maximum atomic E-state index is 12.5. The number of anilines is 1. The Hall–Kier alpha value is -2.99. The van der Waals surface area contributed by atoms with Gasteiger partial charge in [-0.25, -0.2) is 4.79 Å². The van der Waals surface area contributed by atoms with Gasteiger partial charge in [0.05, 0.1) is 18.4 Å². The summed E-state index contributed by atoms with van der Waals surface area (Å²) >= 11 is 6.07. The maximum Gasteiger partial charge on any atom is 0.341 e. The van der Waals surface area contributed by atoms with E-state index in [1.165, 1.54) is 14.0 Å². The minimum Gasteiger partial charge on any atom is -0.495 e. The van der Waals surface area contributed by atoms with Crippen LogP contribution in [0.15, 0.2) is 42.6 Å². The summed E-state index contributed by atoms with van der Waals surface area (Å²) in [6.07, 6.45) is 0.579. The summed E-state index contributed by atoms with van der Waals surface area (Å²) in [6, 6.07) is 10.7. The zero-order valence-corrected chi connectivity index (χ0v) is 15.9. The molecule has 1 heterocycles. The van der Waals surface area contributed by atoms with E-state index in [2.05, 4.69) is 10.3 Å². The van der Waals surface area contributed by atoms with Crippen LogP contribution in [0.25, 0.3) is 10.9 Å². The zero-order chi connectivity index (χ0) is 19.6. The number of halogens is 1. The number of benzene rings is 2. The highest BCUT2D eigenvalue weighted by atomic mass is 35.5. The van der Waals surface area contributed by atoms with Crippen LogP contribution in [-0.2, 0) is 9.53 Å². The molecule has 2 aromatic carbocycles. The second-order valence-electron chi connectivity index (χ2n) is 6.09. The van der Waals surface area contributed by atoms with Gasteiger partial charge in [-0.15, -0.1) is 0 Å². The quantitative estimate of drug-likeness (QED) is 0.640. The fourth-order valence-corrected chi connectivity index (χ4v) is 2.84. The first kappa shape index (κ1) is 18.8. The fourth-order valence-electron chi connectivity index (χ4n) is 2.68. The Bertz CT molecular complexity index is 1010. The molecule has 0 fully saturated rings. The molecule has 0 aliphatic carbocycles. The van der Waals surface area contributed by atoms with E-state index in [-0.39, 0.29) is 0 Å². The molecule has 2 N–H and O–H groups in total. The molecule has 0 saturated carbocycles. The van der Waals surface area contributed by atoms with Crippen molar-refractivity contribution in [2.75, 3.05) is 12.4 Å². The number of methoxy groups -OCH3 is 1. The summed E-state index contributed by atoms with van der Waals surface area (Å²) in [5, 5.41) is 3.98. The topological polar surface area (TPSA) is 80.4 Å². The third-order valence-corrected chi connectivity index (χ3v) is 4.61. The Morgan fingerprint density at radius 3 is 2.70 bits per heavy atom. The van der Waals surface area contributed by atoms with Gasteiger partial charge in [0.2, 0.25) is 0 Å². The van der Waals surface area contributed by atoms with Crippen molar-refractivity contribution >= 4 is 40.1 Å². The van der Waals surface area contributed by atoms with Gasteiger partial charge >= 0.3 is 5.97 Å². The zero-order valence-electron chi connectivity index (χ0n) is 15.1. The van der Waals surface area contributed by atoms with Gasteiger partial charge in [0.15, 0.2) is 6.10 Å². The van der Waals surface area contributed by atoms with Crippen molar-refractivity contribution in [3.8, 4) is 5.75 Å². The second-order valence-corrected chi connectivity index (χ2v) is 6.49. The number of ether oxygens (including phenoxy) is 2. The number of aromatic nitrogens is 1. The lowest BCUT2D eigenvalue weighted by Crippen LogP contribution is -2.30. The van der Waals surface area contributed by atoms with E-state index in [1.807, 2.05) is 31.2 Å². The Labute approximate surface area is 161 Å². The van der Waals surface area contributed by atoms with Gasteiger partial charge in [0.25, 0.3) is 5.91 Å².